The van der Waals surface area contributed by atoms with Crippen molar-refractivity contribution in [2.75, 3.05) is 16.2 Å². The molecule has 0 fully saturated rings. The predicted octanol–water partition coefficient (Wildman–Crippen LogP) is 7.43. The average molecular weight is 572 g/mol. The Balaban J connectivity index is 1.57. The van der Waals surface area contributed by atoms with Gasteiger partial charge in [0.05, 0.1) is 16.3 Å². The molecule has 0 aliphatic carbocycles. The first-order chi connectivity index (χ1) is 17.7. The molecule has 4 rings (SSSR count). The number of halogens is 2. The van der Waals surface area contributed by atoms with Crippen molar-refractivity contribution >= 4 is 62.3 Å². The van der Waals surface area contributed by atoms with Crippen molar-refractivity contribution in [2.45, 2.75) is 22.5 Å². The first-order valence-electron chi connectivity index (χ1n) is 11.3. The molecule has 37 heavy (non-hydrogen) atoms. The Morgan fingerprint density at radius 2 is 1.57 bits per heavy atom. The summed E-state index contributed by atoms with van der Waals surface area (Å²) in [4.78, 5) is 14.2. The maximum Gasteiger partial charge on any atom is 0.264 e. The van der Waals surface area contributed by atoms with E-state index in [1.807, 2.05) is 49.4 Å². The van der Waals surface area contributed by atoms with Gasteiger partial charge in [-0.3, -0.25) is 9.10 Å². The van der Waals surface area contributed by atoms with Crippen molar-refractivity contribution in [3.63, 3.8) is 0 Å². The van der Waals surface area contributed by atoms with Crippen LogP contribution in [0.25, 0.3) is 0 Å². The fraction of sp³-hybridized carbons (Fsp3) is 0.107. The van der Waals surface area contributed by atoms with E-state index in [9.17, 15) is 13.2 Å². The number of nitrogens with one attached hydrogen (secondary N) is 1. The van der Waals surface area contributed by atoms with Crippen LogP contribution < -0.4 is 9.62 Å². The number of nitrogens with zero attached hydrogens (tertiary/aromatic N) is 1. The van der Waals surface area contributed by atoms with E-state index in [2.05, 4.69) is 5.32 Å². The first kappa shape index (κ1) is 27.1. The maximum absolute atomic E-state index is 13.6. The Morgan fingerprint density at radius 3 is 2.27 bits per heavy atom. The lowest BCUT2D eigenvalue weighted by Crippen LogP contribution is -2.38. The molecule has 1 N–H and O–H groups in total. The molecular formula is C28H24Cl2N2O3S2. The van der Waals surface area contributed by atoms with Crippen LogP contribution in [0.15, 0.2) is 107 Å². The predicted molar refractivity (Wildman–Crippen MR) is 153 cm³/mol. The second kappa shape index (κ2) is 12.0. The van der Waals surface area contributed by atoms with E-state index in [4.69, 9.17) is 23.2 Å². The molecule has 0 radical (unpaired) electrons. The van der Waals surface area contributed by atoms with Crippen LogP contribution >= 0.6 is 35.0 Å². The third-order valence-electron chi connectivity index (χ3n) is 5.53. The zero-order valence-corrected chi connectivity index (χ0v) is 23.0. The summed E-state index contributed by atoms with van der Waals surface area (Å²) in [5, 5.41) is 3.97. The second-order valence-electron chi connectivity index (χ2n) is 8.22. The summed E-state index contributed by atoms with van der Waals surface area (Å²) in [6, 6.07) is 27.9. The largest absolute Gasteiger partial charge is 0.323 e. The molecule has 0 bridgehead atoms. The van der Waals surface area contributed by atoms with Crippen molar-refractivity contribution in [3.8, 4) is 0 Å². The van der Waals surface area contributed by atoms with Gasteiger partial charge in [-0.2, -0.15) is 0 Å². The smallest absolute Gasteiger partial charge is 0.264 e. The molecule has 0 aromatic heterocycles. The molecule has 4 aromatic rings. The standard InChI is InChI=1S/C28H24Cl2N2O3S2/c1-20-11-16-23(17-25(20)30)32(37(34,35)24-7-3-2-4-8-24)18-28(33)31-26-9-5-6-10-27(26)36-19-21-12-14-22(29)15-13-21/h2-17H,18-19H2,1H3,(H,31,33). The number of amides is 1. The number of anilines is 2. The van der Waals surface area contributed by atoms with Gasteiger partial charge in [-0.1, -0.05) is 71.7 Å². The molecule has 0 spiro atoms. The summed E-state index contributed by atoms with van der Waals surface area (Å²) >= 11 is 13.8. The van der Waals surface area contributed by atoms with Gasteiger partial charge in [0, 0.05) is 20.7 Å². The minimum Gasteiger partial charge on any atom is -0.323 e. The molecule has 0 aliphatic heterocycles. The molecule has 0 atom stereocenters. The Kier molecular flexibility index (Phi) is 8.82. The summed E-state index contributed by atoms with van der Waals surface area (Å²) in [7, 11) is -4.03. The minimum atomic E-state index is -4.03. The minimum absolute atomic E-state index is 0.0819. The zero-order valence-electron chi connectivity index (χ0n) is 19.9. The lowest BCUT2D eigenvalue weighted by atomic mass is 10.2. The highest BCUT2D eigenvalue weighted by Gasteiger charge is 2.27. The first-order valence-corrected chi connectivity index (χ1v) is 14.5. The molecular weight excluding hydrogens is 547 g/mol. The van der Waals surface area contributed by atoms with Crippen LogP contribution in [0.3, 0.4) is 0 Å². The van der Waals surface area contributed by atoms with E-state index in [1.54, 1.807) is 54.2 Å². The van der Waals surface area contributed by atoms with E-state index in [0.29, 0.717) is 27.2 Å². The monoisotopic (exact) mass is 570 g/mol. The molecule has 0 saturated carbocycles. The van der Waals surface area contributed by atoms with Crippen LogP contribution in [-0.4, -0.2) is 20.9 Å². The second-order valence-corrected chi connectivity index (χ2v) is 11.9. The van der Waals surface area contributed by atoms with Gasteiger partial charge in [-0.15, -0.1) is 11.8 Å². The van der Waals surface area contributed by atoms with Gasteiger partial charge in [-0.25, -0.2) is 8.42 Å². The van der Waals surface area contributed by atoms with E-state index in [-0.39, 0.29) is 4.90 Å². The third-order valence-corrected chi connectivity index (χ3v) is 9.12. The zero-order chi connectivity index (χ0) is 26.4. The normalized spacial score (nSPS) is 11.2. The van der Waals surface area contributed by atoms with Gasteiger partial charge in [-0.05, 0) is 66.6 Å². The summed E-state index contributed by atoms with van der Waals surface area (Å²) in [6.07, 6.45) is 0. The van der Waals surface area contributed by atoms with Crippen LogP contribution in [0.5, 0.6) is 0 Å². The fourth-order valence-electron chi connectivity index (χ4n) is 3.53. The number of carbonyl (C=O) groups is 1. The highest BCUT2D eigenvalue weighted by Crippen LogP contribution is 2.31. The van der Waals surface area contributed by atoms with Crippen LogP contribution in [0.2, 0.25) is 10.0 Å². The van der Waals surface area contributed by atoms with Crippen molar-refractivity contribution in [1.82, 2.24) is 0 Å². The number of benzene rings is 4. The summed E-state index contributed by atoms with van der Waals surface area (Å²) < 4.78 is 28.2. The number of sulfonamides is 1. The molecule has 1 amide bonds. The van der Waals surface area contributed by atoms with Crippen LogP contribution in [0, 0.1) is 6.92 Å². The Morgan fingerprint density at radius 1 is 0.892 bits per heavy atom. The average Bonchev–Trinajstić information content (AvgIpc) is 2.90. The van der Waals surface area contributed by atoms with Crippen molar-refractivity contribution in [2.24, 2.45) is 0 Å². The highest BCUT2D eigenvalue weighted by atomic mass is 35.5. The molecule has 4 aromatic carbocycles. The molecule has 0 aliphatic rings. The van der Waals surface area contributed by atoms with Crippen LogP contribution in [0.1, 0.15) is 11.1 Å². The van der Waals surface area contributed by atoms with Gasteiger partial charge in [0.15, 0.2) is 0 Å². The molecule has 0 unspecified atom stereocenters. The van der Waals surface area contributed by atoms with E-state index >= 15 is 0 Å². The molecule has 190 valence electrons. The van der Waals surface area contributed by atoms with Gasteiger partial charge in [0.2, 0.25) is 5.91 Å². The quantitative estimate of drug-likeness (QED) is 0.212. The summed E-state index contributed by atoms with van der Waals surface area (Å²) in [5.74, 6) is 0.205. The molecule has 9 heteroatoms. The summed E-state index contributed by atoms with van der Waals surface area (Å²) in [5.41, 5.74) is 2.80. The number of thioether (sulfide) groups is 1. The van der Waals surface area contributed by atoms with E-state index in [0.717, 1.165) is 20.3 Å². The van der Waals surface area contributed by atoms with Gasteiger partial charge in [0.1, 0.15) is 6.54 Å². The van der Waals surface area contributed by atoms with Crippen molar-refractivity contribution in [1.29, 1.82) is 0 Å². The number of hydrogen-bond acceptors (Lipinski definition) is 4. The van der Waals surface area contributed by atoms with Crippen LogP contribution in [-0.2, 0) is 20.6 Å². The Bertz CT molecular complexity index is 1500. The topological polar surface area (TPSA) is 66.5 Å². The van der Waals surface area contributed by atoms with Crippen molar-refractivity contribution in [3.05, 3.63) is 118 Å². The number of rotatable bonds is 9. The SMILES string of the molecule is Cc1ccc(N(CC(=O)Nc2ccccc2SCc2ccc(Cl)cc2)S(=O)(=O)c2ccccc2)cc1Cl. The van der Waals surface area contributed by atoms with Crippen molar-refractivity contribution < 1.29 is 13.2 Å². The van der Waals surface area contributed by atoms with Gasteiger partial charge in [0.25, 0.3) is 10.0 Å². The lowest BCUT2D eigenvalue weighted by Gasteiger charge is -2.25. The Labute approximate surface area is 231 Å². The summed E-state index contributed by atoms with van der Waals surface area (Å²) in [6.45, 7) is 1.40. The lowest BCUT2D eigenvalue weighted by molar-refractivity contribution is -0.114. The maximum atomic E-state index is 13.6. The van der Waals surface area contributed by atoms with Gasteiger partial charge >= 0.3 is 0 Å². The van der Waals surface area contributed by atoms with Crippen LogP contribution in [0.4, 0.5) is 11.4 Å². The number of carbonyl (C=O) groups excluding carboxylic acids is 1. The molecule has 0 saturated heterocycles. The number of para-hydroxylation sites is 1. The Hall–Kier alpha value is -2.97. The van der Waals surface area contributed by atoms with E-state index < -0.39 is 22.5 Å². The number of hydrogen-bond donors (Lipinski definition) is 1. The van der Waals surface area contributed by atoms with E-state index in [1.165, 1.54) is 12.1 Å². The number of aryl methyl sites for hydroxylation is 1. The van der Waals surface area contributed by atoms with Gasteiger partial charge < -0.3 is 5.32 Å². The molecule has 0 heterocycles. The molecule has 5 nitrogen and oxygen atoms in total. The third kappa shape index (κ3) is 6.87. The fourth-order valence-corrected chi connectivity index (χ4v) is 6.23. The highest BCUT2D eigenvalue weighted by molar-refractivity contribution is 7.98.